The Bertz CT molecular complexity index is 974. The van der Waals surface area contributed by atoms with Crippen LogP contribution in [0.5, 0.6) is 0 Å². The van der Waals surface area contributed by atoms with Gasteiger partial charge in [0.15, 0.2) is 0 Å². The van der Waals surface area contributed by atoms with Gasteiger partial charge in [0.05, 0.1) is 5.69 Å². The molecule has 1 amide bonds. The Hall–Kier alpha value is -2.44. The number of piperazine rings is 1. The van der Waals surface area contributed by atoms with Gasteiger partial charge in [0.25, 0.3) is 5.91 Å². The first-order valence-corrected chi connectivity index (χ1v) is 12.3. The predicted octanol–water partition coefficient (Wildman–Crippen LogP) is 3.25. The molecule has 6 heteroatoms. The van der Waals surface area contributed by atoms with E-state index >= 15 is 0 Å². The molecule has 3 fully saturated rings. The van der Waals surface area contributed by atoms with Gasteiger partial charge in [-0.2, -0.15) is 0 Å². The molecule has 1 N–H and O–H groups in total. The Morgan fingerprint density at radius 1 is 1.00 bits per heavy atom. The first-order valence-electron chi connectivity index (χ1n) is 12.3. The maximum absolute atomic E-state index is 14.7. The minimum atomic E-state index is -0.307. The number of likely N-dealkylation sites (tertiary alicyclic amines) is 1. The monoisotopic (exact) mass is 450 g/mol. The largest absolute Gasteiger partial charge is 0.367 e. The lowest BCUT2D eigenvalue weighted by molar-refractivity contribution is 0.0949. The van der Waals surface area contributed by atoms with Crippen LogP contribution in [0.3, 0.4) is 0 Å². The number of piperidine rings is 1. The molecule has 2 unspecified atom stereocenters. The molecule has 0 radical (unpaired) electrons. The summed E-state index contributed by atoms with van der Waals surface area (Å²) in [6, 6.07) is 13.8. The third-order valence-corrected chi connectivity index (χ3v) is 7.84. The first kappa shape index (κ1) is 22.4. The summed E-state index contributed by atoms with van der Waals surface area (Å²) in [5, 5.41) is 3.05. The maximum Gasteiger partial charge on any atom is 0.251 e. The average Bonchev–Trinajstić information content (AvgIpc) is 3.28. The molecule has 2 aromatic rings. The number of nitrogens with one attached hydrogen (secondary N) is 1. The minimum absolute atomic E-state index is 0.170. The Labute approximate surface area is 196 Å². The number of aryl methyl sites for hydroxylation is 1. The Balaban J connectivity index is 1.08. The lowest BCUT2D eigenvalue weighted by atomic mass is 10.1. The van der Waals surface area contributed by atoms with Crippen LogP contribution in [-0.2, 0) is 13.0 Å². The highest BCUT2D eigenvalue weighted by molar-refractivity contribution is 5.94. The Morgan fingerprint density at radius 2 is 1.67 bits per heavy atom. The molecule has 5 nitrogen and oxygen atoms in total. The third kappa shape index (κ3) is 4.92. The highest BCUT2D eigenvalue weighted by atomic mass is 19.1. The van der Waals surface area contributed by atoms with E-state index in [1.807, 2.05) is 0 Å². The summed E-state index contributed by atoms with van der Waals surface area (Å²) in [7, 11) is 2.08. The normalized spacial score (nSPS) is 25.2. The zero-order valence-corrected chi connectivity index (χ0v) is 19.8. The number of anilines is 1. The molecule has 1 aliphatic carbocycles. The van der Waals surface area contributed by atoms with Crippen molar-refractivity contribution in [3.05, 3.63) is 65.0 Å². The Morgan fingerprint density at radius 3 is 2.30 bits per heavy atom. The topological polar surface area (TPSA) is 38.8 Å². The van der Waals surface area contributed by atoms with Crippen molar-refractivity contribution in [3.8, 4) is 0 Å². The number of nitrogens with zero attached hydrogens (tertiary/aromatic N) is 3. The fourth-order valence-electron chi connectivity index (χ4n) is 5.57. The number of hydrogen-bond donors (Lipinski definition) is 1. The maximum atomic E-state index is 14.7. The lowest BCUT2D eigenvalue weighted by Crippen LogP contribution is -2.44. The molecular weight excluding hydrogens is 415 g/mol. The van der Waals surface area contributed by atoms with Crippen LogP contribution in [0, 0.1) is 23.6 Å². The molecule has 0 spiro atoms. The van der Waals surface area contributed by atoms with Crippen molar-refractivity contribution in [1.29, 1.82) is 0 Å². The molecular formula is C27H35FN4O. The van der Waals surface area contributed by atoms with E-state index in [9.17, 15) is 9.18 Å². The minimum Gasteiger partial charge on any atom is -0.367 e. The van der Waals surface area contributed by atoms with Crippen LogP contribution in [0.1, 0.15) is 28.4 Å². The van der Waals surface area contributed by atoms with Gasteiger partial charge in [0, 0.05) is 57.9 Å². The van der Waals surface area contributed by atoms with Crippen LogP contribution in [0.15, 0.2) is 42.5 Å². The van der Waals surface area contributed by atoms with Gasteiger partial charge in [-0.1, -0.05) is 31.2 Å². The van der Waals surface area contributed by atoms with Crippen LogP contribution in [0.4, 0.5) is 10.1 Å². The fraction of sp³-hybridized carbons (Fsp3) is 0.519. The van der Waals surface area contributed by atoms with Gasteiger partial charge in [-0.15, -0.1) is 0 Å². The summed E-state index contributed by atoms with van der Waals surface area (Å²) in [6.07, 6.45) is 1.08. The number of carbonyl (C=O) groups is 1. The van der Waals surface area contributed by atoms with E-state index in [1.165, 1.54) is 17.2 Å². The van der Waals surface area contributed by atoms with Gasteiger partial charge in [-0.05, 0) is 60.5 Å². The van der Waals surface area contributed by atoms with Crippen molar-refractivity contribution >= 4 is 11.6 Å². The van der Waals surface area contributed by atoms with Crippen molar-refractivity contribution < 1.29 is 9.18 Å². The van der Waals surface area contributed by atoms with Gasteiger partial charge in [0.2, 0.25) is 0 Å². The van der Waals surface area contributed by atoms with E-state index < -0.39 is 0 Å². The summed E-state index contributed by atoms with van der Waals surface area (Å²) in [4.78, 5) is 19.5. The third-order valence-electron chi connectivity index (χ3n) is 7.84. The van der Waals surface area contributed by atoms with Crippen molar-refractivity contribution in [1.82, 2.24) is 15.1 Å². The molecule has 0 bridgehead atoms. The summed E-state index contributed by atoms with van der Waals surface area (Å²) in [5.41, 5.74) is 3.77. The van der Waals surface area contributed by atoms with Crippen molar-refractivity contribution in [2.75, 3.05) is 57.8 Å². The average molecular weight is 451 g/mol. The van der Waals surface area contributed by atoms with Crippen LogP contribution in [0.2, 0.25) is 0 Å². The lowest BCUT2D eigenvalue weighted by Gasteiger charge is -2.34. The van der Waals surface area contributed by atoms with Gasteiger partial charge in [0.1, 0.15) is 5.82 Å². The fourth-order valence-corrected chi connectivity index (χ4v) is 5.57. The van der Waals surface area contributed by atoms with Gasteiger partial charge in [-0.25, -0.2) is 4.39 Å². The molecule has 5 rings (SSSR count). The van der Waals surface area contributed by atoms with E-state index in [2.05, 4.69) is 58.3 Å². The van der Waals surface area contributed by atoms with Crippen molar-refractivity contribution in [3.63, 3.8) is 0 Å². The van der Waals surface area contributed by atoms with E-state index in [0.717, 1.165) is 52.2 Å². The predicted molar refractivity (Wildman–Crippen MR) is 130 cm³/mol. The molecule has 3 aliphatic rings. The van der Waals surface area contributed by atoms with Crippen LogP contribution >= 0.6 is 0 Å². The van der Waals surface area contributed by atoms with Crippen LogP contribution in [0.25, 0.3) is 0 Å². The van der Waals surface area contributed by atoms with Crippen molar-refractivity contribution in [2.45, 2.75) is 19.9 Å². The van der Waals surface area contributed by atoms with E-state index in [0.29, 0.717) is 35.5 Å². The molecule has 2 aliphatic heterocycles. The quantitative estimate of drug-likeness (QED) is 0.703. The summed E-state index contributed by atoms with van der Waals surface area (Å²) in [5.74, 6) is 1.44. The molecule has 33 heavy (non-hydrogen) atoms. The first-order chi connectivity index (χ1) is 16.0. The zero-order chi connectivity index (χ0) is 22.9. The molecule has 2 aromatic carbocycles. The number of hydrogen-bond acceptors (Lipinski definition) is 4. The number of likely N-dealkylation sites (N-methyl/N-ethyl adjacent to an activating group) is 1. The second-order valence-corrected chi connectivity index (χ2v) is 10.0. The van der Waals surface area contributed by atoms with E-state index in [1.54, 1.807) is 12.1 Å². The molecule has 2 heterocycles. The second kappa shape index (κ2) is 9.43. The highest BCUT2D eigenvalue weighted by Gasteiger charge is 2.55. The standard InChI is InChI=1S/C27H35FN4O/c1-3-19-4-6-20(7-5-19)16-31-17-23-22(24(23)18-31)15-29-27(33)21-8-9-26(25(28)14-21)32-12-10-30(2)11-13-32/h4-9,14,22-24H,3,10-13,15-18H2,1-2H3,(H,29,33). The van der Waals surface area contributed by atoms with Crippen LogP contribution in [-0.4, -0.2) is 68.6 Å². The molecule has 176 valence electrons. The number of halogens is 1. The van der Waals surface area contributed by atoms with E-state index in [-0.39, 0.29) is 11.7 Å². The SMILES string of the molecule is CCc1ccc(CN2CC3C(CNC(=O)c4ccc(N5CCN(C)CC5)c(F)c4)C3C2)cc1. The number of carbonyl (C=O) groups excluding carboxylic acids is 1. The zero-order valence-electron chi connectivity index (χ0n) is 19.8. The summed E-state index contributed by atoms with van der Waals surface area (Å²) < 4.78 is 14.7. The number of benzene rings is 2. The van der Waals surface area contributed by atoms with Gasteiger partial charge < -0.3 is 15.1 Å². The van der Waals surface area contributed by atoms with Gasteiger partial charge >= 0.3 is 0 Å². The van der Waals surface area contributed by atoms with Gasteiger partial charge in [-0.3, -0.25) is 9.69 Å². The second-order valence-electron chi connectivity index (χ2n) is 10.0. The molecule has 2 saturated heterocycles. The van der Waals surface area contributed by atoms with E-state index in [4.69, 9.17) is 0 Å². The van der Waals surface area contributed by atoms with Crippen molar-refractivity contribution in [2.24, 2.45) is 17.8 Å². The highest BCUT2D eigenvalue weighted by Crippen LogP contribution is 2.51. The van der Waals surface area contributed by atoms with Crippen LogP contribution < -0.4 is 10.2 Å². The summed E-state index contributed by atoms with van der Waals surface area (Å²) >= 11 is 0. The molecule has 0 aromatic heterocycles. The smallest absolute Gasteiger partial charge is 0.251 e. The summed E-state index contributed by atoms with van der Waals surface area (Å²) in [6.45, 7) is 9.56. The molecule has 2 atom stereocenters. The number of fused-ring (bicyclic) bond motifs is 1. The number of amides is 1. The molecule has 1 saturated carbocycles. The Kier molecular flexibility index (Phi) is 6.39. The number of rotatable bonds is 7.